The predicted molar refractivity (Wildman–Crippen MR) is 36.7 cm³/mol. The molecular weight excluding hydrogens is 244 g/mol. The van der Waals surface area contributed by atoms with Gasteiger partial charge in [0.25, 0.3) is 0 Å². The van der Waals surface area contributed by atoms with Gasteiger partial charge < -0.3 is 4.74 Å². The first-order chi connectivity index (χ1) is 7.02. The molecule has 0 N–H and O–H groups in total. The van der Waals surface area contributed by atoms with Crippen LogP contribution in [0.1, 0.15) is 0 Å². The Hall–Kier alpha value is -1.72. The van der Waals surface area contributed by atoms with Gasteiger partial charge in [0.15, 0.2) is 0 Å². The van der Waals surface area contributed by atoms with Gasteiger partial charge in [0.1, 0.15) is 6.07 Å². The summed E-state index contributed by atoms with van der Waals surface area (Å²) in [4.78, 5) is 10.4. The van der Waals surface area contributed by atoms with Crippen LogP contribution in [-0.2, 0) is 9.53 Å². The van der Waals surface area contributed by atoms with Gasteiger partial charge in [-0.1, -0.05) is 6.58 Å². The van der Waals surface area contributed by atoms with Gasteiger partial charge in [-0.3, -0.25) is 0 Å². The van der Waals surface area contributed by atoms with Crippen LogP contribution in [-0.4, -0.2) is 23.9 Å². The van der Waals surface area contributed by atoms with Gasteiger partial charge in [0, 0.05) is 6.08 Å². The van der Waals surface area contributed by atoms with Crippen molar-refractivity contribution < 1.29 is 35.9 Å². The lowest BCUT2D eigenvalue weighted by atomic mass is 10.1. The summed E-state index contributed by atoms with van der Waals surface area (Å²) in [5.41, 5.74) is -5.18. The van der Waals surface area contributed by atoms with Gasteiger partial charge in [-0.2, -0.15) is 31.6 Å². The molecule has 0 aromatic carbocycles. The minimum absolute atomic E-state index is 0.0801. The standard InChI is InChI=1S/C7H3F6NO2/c1-2-4(15)16-5(3-14,6(8,9)10)7(11,12)13/h2H,1H2. The van der Waals surface area contributed by atoms with Crippen molar-refractivity contribution in [3.63, 3.8) is 0 Å². The molecule has 0 saturated carbocycles. The summed E-state index contributed by atoms with van der Waals surface area (Å²) in [7, 11) is 0. The van der Waals surface area contributed by atoms with Crippen LogP contribution in [0, 0.1) is 11.3 Å². The highest BCUT2D eigenvalue weighted by Crippen LogP contribution is 2.45. The zero-order valence-electron chi connectivity index (χ0n) is 7.32. The van der Waals surface area contributed by atoms with Crippen molar-refractivity contribution in [2.75, 3.05) is 0 Å². The Balaban J connectivity index is 5.61. The molecule has 0 heterocycles. The summed E-state index contributed by atoms with van der Waals surface area (Å²) >= 11 is 0. The van der Waals surface area contributed by atoms with E-state index in [9.17, 15) is 31.1 Å². The molecule has 0 spiro atoms. The molecule has 0 aliphatic rings. The average molecular weight is 247 g/mol. The second kappa shape index (κ2) is 4.03. The first kappa shape index (κ1) is 14.3. The molecule has 0 amide bonds. The summed E-state index contributed by atoms with van der Waals surface area (Å²) in [6.45, 7) is 2.62. The molecular formula is C7H3F6NO2. The molecule has 0 atom stereocenters. The van der Waals surface area contributed by atoms with Crippen molar-refractivity contribution >= 4 is 5.97 Å². The van der Waals surface area contributed by atoms with Crippen molar-refractivity contribution in [1.29, 1.82) is 5.26 Å². The molecule has 0 aromatic rings. The van der Waals surface area contributed by atoms with Crippen LogP contribution in [0.2, 0.25) is 0 Å². The lowest BCUT2D eigenvalue weighted by Gasteiger charge is -2.29. The molecule has 9 heteroatoms. The maximum Gasteiger partial charge on any atom is 0.452 e. The number of rotatable bonds is 2. The zero-order chi connectivity index (χ0) is 13.2. The van der Waals surface area contributed by atoms with E-state index < -0.39 is 23.9 Å². The molecule has 0 aromatic heterocycles. The third-order valence-electron chi connectivity index (χ3n) is 1.38. The van der Waals surface area contributed by atoms with Gasteiger partial charge in [-0.25, -0.2) is 4.79 Å². The third-order valence-corrected chi connectivity index (χ3v) is 1.38. The molecule has 0 fully saturated rings. The first-order valence-electron chi connectivity index (χ1n) is 3.42. The molecule has 0 unspecified atom stereocenters. The van der Waals surface area contributed by atoms with Crippen LogP contribution >= 0.6 is 0 Å². The fourth-order valence-corrected chi connectivity index (χ4v) is 0.619. The van der Waals surface area contributed by atoms with Crippen LogP contribution in [0.25, 0.3) is 0 Å². The second-order valence-corrected chi connectivity index (χ2v) is 2.41. The van der Waals surface area contributed by atoms with Crippen LogP contribution in [0.15, 0.2) is 12.7 Å². The minimum Gasteiger partial charge on any atom is -0.422 e. The summed E-state index contributed by atoms with van der Waals surface area (Å²) in [6.07, 6.45) is -12.1. The number of nitrogens with zero attached hydrogens (tertiary/aromatic N) is 1. The number of hydrogen-bond acceptors (Lipinski definition) is 3. The smallest absolute Gasteiger partial charge is 0.422 e. The van der Waals surface area contributed by atoms with Gasteiger partial charge in [-0.15, -0.1) is 0 Å². The fourth-order valence-electron chi connectivity index (χ4n) is 0.619. The monoisotopic (exact) mass is 247 g/mol. The Bertz CT molecular complexity index is 322. The lowest BCUT2D eigenvalue weighted by molar-refractivity contribution is -0.345. The van der Waals surface area contributed by atoms with Crippen molar-refractivity contribution in [3.8, 4) is 6.07 Å². The highest BCUT2D eigenvalue weighted by Gasteiger charge is 2.75. The summed E-state index contributed by atoms with van der Waals surface area (Å²) in [5.74, 6) is -2.00. The van der Waals surface area contributed by atoms with Gasteiger partial charge in [0.05, 0.1) is 0 Å². The van der Waals surface area contributed by atoms with Gasteiger partial charge in [0.2, 0.25) is 0 Å². The van der Waals surface area contributed by atoms with E-state index in [1.54, 1.807) is 0 Å². The Labute approximate surface area is 84.9 Å². The van der Waals surface area contributed by atoms with E-state index in [2.05, 4.69) is 11.3 Å². The number of ether oxygens (including phenoxy) is 1. The van der Waals surface area contributed by atoms with Crippen molar-refractivity contribution in [2.24, 2.45) is 0 Å². The zero-order valence-corrected chi connectivity index (χ0v) is 7.32. The molecule has 0 aliphatic heterocycles. The number of carbonyl (C=O) groups is 1. The molecule has 0 radical (unpaired) electrons. The van der Waals surface area contributed by atoms with E-state index in [-0.39, 0.29) is 12.1 Å². The Kier molecular flexibility index (Phi) is 3.60. The molecule has 16 heavy (non-hydrogen) atoms. The average Bonchev–Trinajstić information content (AvgIpc) is 2.09. The SMILES string of the molecule is C=CC(=O)OC(C#N)(C(F)(F)F)C(F)(F)F. The highest BCUT2D eigenvalue weighted by atomic mass is 19.4. The largest absolute Gasteiger partial charge is 0.452 e. The number of nitriles is 1. The Morgan fingerprint density at radius 2 is 1.56 bits per heavy atom. The van der Waals surface area contributed by atoms with Gasteiger partial charge >= 0.3 is 23.9 Å². The molecule has 0 rings (SSSR count). The van der Waals surface area contributed by atoms with Crippen LogP contribution in [0.5, 0.6) is 0 Å². The van der Waals surface area contributed by atoms with Crippen LogP contribution < -0.4 is 0 Å². The summed E-state index contributed by atoms with van der Waals surface area (Å²) in [5, 5.41) is 7.99. The maximum absolute atomic E-state index is 12.1. The molecule has 90 valence electrons. The number of halogens is 6. The number of carbonyl (C=O) groups excluding carboxylic acids is 1. The third kappa shape index (κ3) is 2.26. The highest BCUT2D eigenvalue weighted by molar-refractivity contribution is 5.82. The van der Waals surface area contributed by atoms with Crippen LogP contribution in [0.4, 0.5) is 26.3 Å². The van der Waals surface area contributed by atoms with E-state index in [1.165, 1.54) is 0 Å². The molecule has 0 bridgehead atoms. The number of alkyl halides is 6. The van der Waals surface area contributed by atoms with E-state index in [0.717, 1.165) is 0 Å². The number of hydrogen-bond donors (Lipinski definition) is 0. The van der Waals surface area contributed by atoms with E-state index >= 15 is 0 Å². The molecule has 3 nitrogen and oxygen atoms in total. The van der Waals surface area contributed by atoms with Gasteiger partial charge in [-0.05, 0) is 0 Å². The van der Waals surface area contributed by atoms with Crippen molar-refractivity contribution in [3.05, 3.63) is 12.7 Å². The quantitative estimate of drug-likeness (QED) is 0.426. The van der Waals surface area contributed by atoms with Crippen LogP contribution in [0.3, 0.4) is 0 Å². The molecule has 0 saturated heterocycles. The maximum atomic E-state index is 12.1. The summed E-state index contributed by atoms with van der Waals surface area (Å²) in [6, 6.07) is -0.0801. The lowest BCUT2D eigenvalue weighted by Crippen LogP contribution is -2.58. The fraction of sp³-hybridized carbons (Fsp3) is 0.429. The van der Waals surface area contributed by atoms with E-state index in [4.69, 9.17) is 5.26 Å². The van der Waals surface area contributed by atoms with Crippen molar-refractivity contribution in [2.45, 2.75) is 18.0 Å². The Morgan fingerprint density at radius 1 is 1.19 bits per heavy atom. The van der Waals surface area contributed by atoms with Crippen molar-refractivity contribution in [1.82, 2.24) is 0 Å². The molecule has 0 aliphatic carbocycles. The normalized spacial score (nSPS) is 12.8. The summed E-state index contributed by atoms with van der Waals surface area (Å²) < 4.78 is 75.8. The van der Waals surface area contributed by atoms with E-state index in [0.29, 0.717) is 0 Å². The van der Waals surface area contributed by atoms with E-state index in [1.807, 2.05) is 0 Å². The minimum atomic E-state index is -6.10. The number of esters is 1. The first-order valence-corrected chi connectivity index (χ1v) is 3.42. The second-order valence-electron chi connectivity index (χ2n) is 2.41. The topological polar surface area (TPSA) is 50.1 Å². The Morgan fingerprint density at radius 3 is 1.75 bits per heavy atom. The predicted octanol–water partition coefficient (Wildman–Crippen LogP) is 2.10.